The second kappa shape index (κ2) is 5.71. The van der Waals surface area contributed by atoms with Gasteiger partial charge in [-0.25, -0.2) is 0 Å². The molecule has 0 saturated carbocycles. The average Bonchev–Trinajstić information content (AvgIpc) is 2.21. The number of hydrogen-bond donors (Lipinski definition) is 1. The van der Waals surface area contributed by atoms with Crippen LogP contribution in [0.4, 0.5) is 0 Å². The second-order valence-electron chi connectivity index (χ2n) is 3.87. The molecule has 1 N–H and O–H groups in total. The predicted molar refractivity (Wildman–Crippen MR) is 57.5 cm³/mol. The van der Waals surface area contributed by atoms with Gasteiger partial charge in [-0.05, 0) is 19.4 Å². The van der Waals surface area contributed by atoms with Crippen LogP contribution in [0.15, 0.2) is 11.1 Å². The molecule has 4 heteroatoms. The largest absolute Gasteiger partial charge is 0.394 e. The molecule has 1 saturated heterocycles. The van der Waals surface area contributed by atoms with Crippen LogP contribution in [0.1, 0.15) is 13.8 Å². The smallest absolute Gasteiger partial charge is 0.0933 e. The van der Waals surface area contributed by atoms with Crippen molar-refractivity contribution in [2.24, 2.45) is 0 Å². The summed E-state index contributed by atoms with van der Waals surface area (Å²) < 4.78 is 5.44. The Morgan fingerprint density at radius 1 is 1.71 bits per heavy atom. The van der Waals surface area contributed by atoms with Gasteiger partial charge in [0.25, 0.3) is 0 Å². The fourth-order valence-electron chi connectivity index (χ4n) is 1.56. The fraction of sp³-hybridized carbons (Fsp3) is 0.800. The van der Waals surface area contributed by atoms with Crippen LogP contribution in [0.5, 0.6) is 0 Å². The molecule has 1 rings (SSSR count). The summed E-state index contributed by atoms with van der Waals surface area (Å²) in [6.07, 6.45) is -0.0469. The number of aliphatic hydroxyl groups excluding tert-OH is 1. The molecule has 0 aromatic carbocycles. The maximum absolute atomic E-state index is 8.99. The Labute approximate surface area is 90.3 Å². The van der Waals surface area contributed by atoms with E-state index in [-0.39, 0.29) is 12.7 Å². The molecular weight excluding hydrogens is 202 g/mol. The normalized spacial score (nSPS) is 30.7. The zero-order valence-electron chi connectivity index (χ0n) is 8.74. The number of aliphatic hydroxyl groups is 1. The third kappa shape index (κ3) is 3.24. The van der Waals surface area contributed by atoms with Crippen molar-refractivity contribution >= 4 is 11.6 Å². The number of hydrogen-bond acceptors (Lipinski definition) is 3. The Morgan fingerprint density at radius 3 is 3.00 bits per heavy atom. The second-order valence-corrected chi connectivity index (χ2v) is 4.09. The summed E-state index contributed by atoms with van der Waals surface area (Å²) in [4.78, 5) is 2.28. The third-order valence-corrected chi connectivity index (χ3v) is 2.85. The number of ether oxygens (including phenoxy) is 1. The summed E-state index contributed by atoms with van der Waals surface area (Å²) in [6, 6.07) is 0.393. The van der Waals surface area contributed by atoms with E-state index < -0.39 is 0 Å². The molecule has 1 heterocycles. The van der Waals surface area contributed by atoms with Crippen LogP contribution in [-0.4, -0.2) is 48.5 Å². The maximum atomic E-state index is 8.99. The van der Waals surface area contributed by atoms with E-state index in [0.717, 1.165) is 18.7 Å². The van der Waals surface area contributed by atoms with Gasteiger partial charge in [0.2, 0.25) is 0 Å². The highest BCUT2D eigenvalue weighted by Gasteiger charge is 2.25. The Hall–Kier alpha value is -0.0900. The molecule has 82 valence electrons. The molecule has 0 aromatic heterocycles. The van der Waals surface area contributed by atoms with Gasteiger partial charge in [-0.15, -0.1) is 0 Å². The van der Waals surface area contributed by atoms with Gasteiger partial charge in [0, 0.05) is 24.7 Å². The van der Waals surface area contributed by atoms with E-state index in [1.165, 1.54) is 0 Å². The third-order valence-electron chi connectivity index (χ3n) is 2.48. The van der Waals surface area contributed by atoms with Gasteiger partial charge in [-0.2, -0.15) is 0 Å². The minimum Gasteiger partial charge on any atom is -0.394 e. The highest BCUT2D eigenvalue weighted by Crippen LogP contribution is 2.13. The molecular formula is C10H18ClNO2. The summed E-state index contributed by atoms with van der Waals surface area (Å²) >= 11 is 5.62. The molecule has 0 spiro atoms. The molecule has 1 fully saturated rings. The van der Waals surface area contributed by atoms with Gasteiger partial charge in [0.1, 0.15) is 0 Å². The fourth-order valence-corrected chi connectivity index (χ4v) is 1.63. The van der Waals surface area contributed by atoms with Crippen molar-refractivity contribution in [1.29, 1.82) is 0 Å². The van der Waals surface area contributed by atoms with Crippen LogP contribution in [0.3, 0.4) is 0 Å². The summed E-state index contributed by atoms with van der Waals surface area (Å²) in [5.74, 6) is 0. The maximum Gasteiger partial charge on any atom is 0.0933 e. The minimum absolute atomic E-state index is 0.0469. The molecule has 0 aliphatic carbocycles. The topological polar surface area (TPSA) is 32.7 Å². The molecule has 0 amide bonds. The number of nitrogens with zero attached hydrogens (tertiary/aromatic N) is 1. The zero-order chi connectivity index (χ0) is 10.6. The Balaban J connectivity index is 2.48. The summed E-state index contributed by atoms with van der Waals surface area (Å²) in [5, 5.41) is 8.99. The number of morpholine rings is 1. The van der Waals surface area contributed by atoms with E-state index in [9.17, 15) is 0 Å². The van der Waals surface area contributed by atoms with Gasteiger partial charge in [0.15, 0.2) is 0 Å². The lowest BCUT2D eigenvalue weighted by Gasteiger charge is -2.37. The average molecular weight is 220 g/mol. The first-order chi connectivity index (χ1) is 6.67. The van der Waals surface area contributed by atoms with Gasteiger partial charge in [-0.3, -0.25) is 4.90 Å². The van der Waals surface area contributed by atoms with Crippen LogP contribution < -0.4 is 0 Å². The van der Waals surface area contributed by atoms with Crippen molar-refractivity contribution < 1.29 is 9.84 Å². The highest BCUT2D eigenvalue weighted by atomic mass is 35.5. The number of halogens is 1. The molecule has 2 unspecified atom stereocenters. The molecule has 2 atom stereocenters. The molecule has 0 aromatic rings. The van der Waals surface area contributed by atoms with E-state index in [1.54, 1.807) is 5.54 Å². The molecule has 1 aliphatic rings. The van der Waals surface area contributed by atoms with Crippen molar-refractivity contribution in [2.75, 3.05) is 26.3 Å². The Bertz CT molecular complexity index is 208. The van der Waals surface area contributed by atoms with Gasteiger partial charge < -0.3 is 9.84 Å². The quantitative estimate of drug-likeness (QED) is 0.775. The van der Waals surface area contributed by atoms with E-state index in [4.69, 9.17) is 21.4 Å². The van der Waals surface area contributed by atoms with Gasteiger partial charge in [0.05, 0.1) is 19.3 Å². The molecule has 0 radical (unpaired) electrons. The van der Waals surface area contributed by atoms with Gasteiger partial charge >= 0.3 is 0 Å². The monoisotopic (exact) mass is 219 g/mol. The highest BCUT2D eigenvalue weighted by molar-refractivity contribution is 6.25. The first-order valence-corrected chi connectivity index (χ1v) is 5.33. The van der Waals surface area contributed by atoms with E-state index in [1.807, 2.05) is 6.92 Å². The van der Waals surface area contributed by atoms with Crippen molar-refractivity contribution in [3.63, 3.8) is 0 Å². The molecule has 14 heavy (non-hydrogen) atoms. The van der Waals surface area contributed by atoms with Crippen LogP contribution >= 0.6 is 11.6 Å². The zero-order valence-corrected chi connectivity index (χ0v) is 9.50. The lowest BCUT2D eigenvalue weighted by atomic mass is 10.2. The summed E-state index contributed by atoms with van der Waals surface area (Å²) in [6.45, 7) is 6.52. The van der Waals surface area contributed by atoms with E-state index >= 15 is 0 Å². The molecule has 1 aliphatic heterocycles. The molecule has 3 nitrogen and oxygen atoms in total. The van der Waals surface area contributed by atoms with Crippen molar-refractivity contribution in [3.05, 3.63) is 11.1 Å². The SMILES string of the molecule is CC(=CCl)CN1CC(CO)OCC1C. The van der Waals surface area contributed by atoms with Crippen LogP contribution in [0, 0.1) is 0 Å². The lowest BCUT2D eigenvalue weighted by Crippen LogP contribution is -2.49. The van der Waals surface area contributed by atoms with Crippen molar-refractivity contribution in [1.82, 2.24) is 4.90 Å². The van der Waals surface area contributed by atoms with Crippen LogP contribution in [-0.2, 0) is 4.74 Å². The number of rotatable bonds is 3. The first kappa shape index (κ1) is 12.0. The summed E-state index contributed by atoms with van der Waals surface area (Å²) in [5.41, 5.74) is 2.74. The molecule has 0 bridgehead atoms. The van der Waals surface area contributed by atoms with E-state index in [0.29, 0.717) is 12.6 Å². The minimum atomic E-state index is -0.0469. The van der Waals surface area contributed by atoms with Crippen LogP contribution in [0.25, 0.3) is 0 Å². The predicted octanol–water partition coefficient (Wildman–Crippen LogP) is 1.21. The lowest BCUT2D eigenvalue weighted by molar-refractivity contribution is -0.0748. The standard InChI is InChI=1S/C10H18ClNO2/c1-8(3-11)4-12-5-10(6-13)14-7-9(12)2/h3,9-10,13H,4-7H2,1-2H3. The summed E-state index contributed by atoms with van der Waals surface area (Å²) in [7, 11) is 0. The Kier molecular flexibility index (Phi) is 4.89. The van der Waals surface area contributed by atoms with E-state index in [2.05, 4.69) is 11.8 Å². The van der Waals surface area contributed by atoms with Crippen molar-refractivity contribution in [3.8, 4) is 0 Å². The van der Waals surface area contributed by atoms with Gasteiger partial charge in [-0.1, -0.05) is 11.6 Å². The van der Waals surface area contributed by atoms with Crippen molar-refractivity contribution in [2.45, 2.75) is 26.0 Å². The van der Waals surface area contributed by atoms with Crippen LogP contribution in [0.2, 0.25) is 0 Å². The first-order valence-electron chi connectivity index (χ1n) is 4.89. The Morgan fingerprint density at radius 2 is 2.43 bits per heavy atom.